The number of allylic oxidation sites excluding steroid dienone is 5. The molecule has 0 spiro atoms. The third kappa shape index (κ3) is 75.3. The minimum Gasteiger partial charge on any atom is -1.00 e. The first-order valence-electron chi connectivity index (χ1n) is 27.1. The molecular formula is C57H115Cl2N3O2. The molecule has 0 fully saturated rings. The van der Waals surface area contributed by atoms with E-state index in [1.54, 1.807) is 0 Å². The molecule has 0 aromatic heterocycles. The molecule has 0 bridgehead atoms. The zero-order valence-corrected chi connectivity index (χ0v) is 46.1. The molecule has 0 rings (SSSR count). The molecular weight excluding hydrogens is 830 g/mol. The minimum absolute atomic E-state index is 0. The highest BCUT2D eigenvalue weighted by Gasteiger charge is 2.08. The van der Waals surface area contributed by atoms with Crippen LogP contribution >= 0.6 is 0 Å². The average Bonchev–Trinajstić information content (AvgIpc) is 3.23. The Hall–Kier alpha value is -0.980. The number of Topliss-reactive ketones (excluding diaryl/α,β-unsaturated/α-hetero) is 1. The first kappa shape index (κ1) is 72.0. The lowest BCUT2D eigenvalue weighted by Gasteiger charge is -2.23. The SMILES string of the molecule is C=CC(=O)CCCC[N+](C)(C)C.CCCCCCCC/C=C\CCCCCCCCCCCC(=O)CCCC[N+](C)(C)C.CCCCCCCC/C=C\CCCCCCCCN.[Cl-].[Cl-]. The van der Waals surface area contributed by atoms with Crippen molar-refractivity contribution in [3.63, 3.8) is 0 Å². The van der Waals surface area contributed by atoms with Crippen LogP contribution in [-0.2, 0) is 9.59 Å². The highest BCUT2D eigenvalue weighted by Crippen LogP contribution is 2.14. The van der Waals surface area contributed by atoms with Gasteiger partial charge in [-0.1, -0.05) is 180 Å². The first-order chi connectivity index (χ1) is 29.8. The molecule has 2 N–H and O–H groups in total. The predicted molar refractivity (Wildman–Crippen MR) is 280 cm³/mol. The Labute approximate surface area is 415 Å². The van der Waals surface area contributed by atoms with Gasteiger partial charge in [-0.15, -0.1) is 0 Å². The fourth-order valence-corrected chi connectivity index (χ4v) is 7.51. The van der Waals surface area contributed by atoms with Crippen LogP contribution in [0.2, 0.25) is 0 Å². The summed E-state index contributed by atoms with van der Waals surface area (Å²) in [5.74, 6) is 0.652. The molecule has 0 saturated heterocycles. The van der Waals surface area contributed by atoms with Crippen LogP contribution in [0, 0.1) is 0 Å². The Morgan fingerprint density at radius 1 is 0.391 bits per heavy atom. The fraction of sp³-hybridized carbons (Fsp3) is 0.860. The molecule has 0 heterocycles. The number of ketones is 2. The largest absolute Gasteiger partial charge is 1.00 e. The smallest absolute Gasteiger partial charge is 0.155 e. The highest BCUT2D eigenvalue weighted by atomic mass is 35.5. The maximum Gasteiger partial charge on any atom is 0.155 e. The molecule has 0 saturated carbocycles. The molecule has 0 aliphatic rings. The molecule has 0 radical (unpaired) electrons. The van der Waals surface area contributed by atoms with Crippen molar-refractivity contribution in [1.82, 2.24) is 0 Å². The van der Waals surface area contributed by atoms with Crippen molar-refractivity contribution in [1.29, 1.82) is 0 Å². The number of nitrogens with zero attached hydrogens (tertiary/aromatic N) is 2. The maximum absolute atomic E-state index is 11.9. The second-order valence-corrected chi connectivity index (χ2v) is 20.6. The van der Waals surface area contributed by atoms with E-state index in [0.29, 0.717) is 12.2 Å². The normalized spacial score (nSPS) is 11.4. The summed E-state index contributed by atoms with van der Waals surface area (Å²) in [4.78, 5) is 22.8. The van der Waals surface area contributed by atoms with Crippen molar-refractivity contribution < 1.29 is 43.4 Å². The predicted octanol–water partition coefficient (Wildman–Crippen LogP) is 10.6. The Bertz CT molecular complexity index is 986. The number of carbonyl (C=O) groups is 2. The van der Waals surface area contributed by atoms with Crippen LogP contribution in [0.3, 0.4) is 0 Å². The van der Waals surface area contributed by atoms with Crippen molar-refractivity contribution >= 4 is 11.6 Å². The van der Waals surface area contributed by atoms with E-state index in [4.69, 9.17) is 5.73 Å². The number of nitrogens with two attached hydrogens (primary N) is 1. The summed E-state index contributed by atoms with van der Waals surface area (Å²) in [6.45, 7) is 11.2. The lowest BCUT2D eigenvalue weighted by atomic mass is 10.0. The summed E-state index contributed by atoms with van der Waals surface area (Å²) in [6.07, 6.45) is 59.7. The zero-order valence-electron chi connectivity index (χ0n) is 44.6. The summed E-state index contributed by atoms with van der Waals surface area (Å²) >= 11 is 0. The minimum atomic E-state index is 0. The van der Waals surface area contributed by atoms with Crippen LogP contribution in [0.25, 0.3) is 0 Å². The topological polar surface area (TPSA) is 60.2 Å². The Kier molecular flexibility index (Phi) is 65.4. The van der Waals surface area contributed by atoms with Crippen molar-refractivity contribution in [2.45, 2.75) is 258 Å². The maximum atomic E-state index is 11.9. The standard InChI is InChI=1S/C29H58NO.C18H37N.C10H20NO.2ClH/c1-5-6-7-8-9-10-11-12-13-14-15-16-17-18-19-20-21-22-23-26-29(31)27-24-25-28-30(2,3)4;1-2-3-4-5-6-7-8-9-10-11-12-13-14-15-16-17-18-19;1-5-10(12)8-6-7-9-11(2,3)4;;/h12-13H,5-11,14-28H2,1-4H3;9-10H,2-8,11-19H2,1H3;5H,1,6-9H2,2-4H3;2*1H/q+1;;+1;;/p-2/b13-12-;10-9-;;;. The van der Waals surface area contributed by atoms with Crippen LogP contribution in [0.1, 0.15) is 258 Å². The van der Waals surface area contributed by atoms with Gasteiger partial charge in [-0.25, -0.2) is 0 Å². The number of hydrogen-bond acceptors (Lipinski definition) is 3. The molecule has 0 amide bonds. The van der Waals surface area contributed by atoms with Crippen molar-refractivity contribution in [2.75, 3.05) is 61.9 Å². The molecule has 7 heteroatoms. The zero-order chi connectivity index (χ0) is 46.7. The summed E-state index contributed by atoms with van der Waals surface area (Å²) in [7, 11) is 13.1. The van der Waals surface area contributed by atoms with Gasteiger partial charge in [0.1, 0.15) is 5.78 Å². The first-order valence-corrected chi connectivity index (χ1v) is 27.1. The van der Waals surface area contributed by atoms with Gasteiger partial charge >= 0.3 is 0 Å². The molecule has 0 aromatic carbocycles. The van der Waals surface area contributed by atoms with E-state index in [2.05, 4.69) is 87.0 Å². The number of carbonyl (C=O) groups excluding carboxylic acids is 2. The Morgan fingerprint density at radius 3 is 0.953 bits per heavy atom. The third-order valence-corrected chi connectivity index (χ3v) is 11.7. The number of unbranched alkanes of at least 4 members (excludes halogenated alkanes) is 29. The van der Waals surface area contributed by atoms with E-state index in [-0.39, 0.29) is 30.6 Å². The second-order valence-electron chi connectivity index (χ2n) is 20.6. The summed E-state index contributed by atoms with van der Waals surface area (Å²) in [5.41, 5.74) is 5.47. The third-order valence-electron chi connectivity index (χ3n) is 11.7. The van der Waals surface area contributed by atoms with Gasteiger partial charge in [-0.2, -0.15) is 0 Å². The van der Waals surface area contributed by atoms with Gasteiger partial charge < -0.3 is 39.5 Å². The van der Waals surface area contributed by atoms with Gasteiger partial charge in [0.05, 0.1) is 55.4 Å². The summed E-state index contributed by atoms with van der Waals surface area (Å²) in [6, 6.07) is 0. The van der Waals surface area contributed by atoms with Crippen LogP contribution in [0.4, 0.5) is 0 Å². The Balaban J connectivity index is -0.000000299. The van der Waals surface area contributed by atoms with Crippen LogP contribution in [0.5, 0.6) is 0 Å². The molecule has 0 aromatic rings. The number of quaternary nitrogens is 2. The van der Waals surface area contributed by atoms with Crippen molar-refractivity contribution in [3.8, 4) is 0 Å². The van der Waals surface area contributed by atoms with Gasteiger partial charge in [0.25, 0.3) is 0 Å². The average molecular weight is 945 g/mol. The van der Waals surface area contributed by atoms with Gasteiger partial charge in [0, 0.05) is 19.3 Å². The van der Waals surface area contributed by atoms with Crippen molar-refractivity contribution in [3.05, 3.63) is 37.0 Å². The van der Waals surface area contributed by atoms with Crippen LogP contribution in [0.15, 0.2) is 37.0 Å². The molecule has 384 valence electrons. The van der Waals surface area contributed by atoms with Gasteiger partial charge in [0.15, 0.2) is 5.78 Å². The monoisotopic (exact) mass is 944 g/mol. The lowest BCUT2D eigenvalue weighted by molar-refractivity contribution is -0.870. The lowest BCUT2D eigenvalue weighted by Crippen LogP contribution is -3.00. The van der Waals surface area contributed by atoms with Gasteiger partial charge in [-0.05, 0) is 103 Å². The van der Waals surface area contributed by atoms with Crippen molar-refractivity contribution in [2.24, 2.45) is 5.73 Å². The molecule has 0 atom stereocenters. The molecule has 0 unspecified atom stereocenters. The molecule has 5 nitrogen and oxygen atoms in total. The van der Waals surface area contributed by atoms with Gasteiger partial charge in [0.2, 0.25) is 0 Å². The van der Waals surface area contributed by atoms with E-state index in [0.717, 1.165) is 60.6 Å². The van der Waals surface area contributed by atoms with E-state index >= 15 is 0 Å². The van der Waals surface area contributed by atoms with Crippen LogP contribution in [-0.4, -0.2) is 82.5 Å². The molecule has 0 aliphatic carbocycles. The fourth-order valence-electron chi connectivity index (χ4n) is 7.51. The van der Waals surface area contributed by atoms with E-state index in [1.807, 2.05) is 0 Å². The van der Waals surface area contributed by atoms with E-state index < -0.39 is 0 Å². The summed E-state index contributed by atoms with van der Waals surface area (Å²) < 4.78 is 1.98. The number of rotatable bonds is 45. The molecule has 0 aliphatic heterocycles. The van der Waals surface area contributed by atoms with Gasteiger partial charge in [-0.3, -0.25) is 9.59 Å². The number of halogens is 2. The second kappa shape index (κ2) is 58.1. The number of hydrogen-bond donors (Lipinski definition) is 1. The highest BCUT2D eigenvalue weighted by molar-refractivity contribution is 5.88. The quantitative estimate of drug-likeness (QED) is 0.0286. The molecule has 64 heavy (non-hydrogen) atoms. The van der Waals surface area contributed by atoms with Crippen LogP contribution < -0.4 is 30.5 Å². The summed E-state index contributed by atoms with van der Waals surface area (Å²) in [5, 5.41) is 0. The van der Waals surface area contributed by atoms with E-state index in [1.165, 1.54) is 212 Å². The Morgan fingerprint density at radius 2 is 0.656 bits per heavy atom. The van der Waals surface area contributed by atoms with E-state index in [9.17, 15) is 9.59 Å².